The molecule has 1 unspecified atom stereocenters. The van der Waals surface area contributed by atoms with E-state index in [1.165, 1.54) is 0 Å². The normalized spacial score (nSPS) is 13.1. The van der Waals surface area contributed by atoms with E-state index in [-0.39, 0.29) is 12.5 Å². The van der Waals surface area contributed by atoms with Crippen LogP contribution >= 0.6 is 11.6 Å². The van der Waals surface area contributed by atoms with Crippen LogP contribution in [0.1, 0.15) is 6.92 Å². The van der Waals surface area contributed by atoms with Crippen LogP contribution in [0.3, 0.4) is 0 Å². The predicted octanol–water partition coefficient (Wildman–Crippen LogP) is 1.18. The topological polar surface area (TPSA) is 29.5 Å². The van der Waals surface area contributed by atoms with Crippen LogP contribution in [0, 0.1) is 0 Å². The van der Waals surface area contributed by atoms with Gasteiger partial charge in [0, 0.05) is 0 Å². The third-order valence-corrected chi connectivity index (χ3v) is 1.19. The molecule has 1 atom stereocenters. The molecule has 0 aromatic heterocycles. The molecular weight excluding hydrogens is 152 g/mol. The molecular formula is C7H13ClO2. The summed E-state index contributed by atoms with van der Waals surface area (Å²) >= 11 is 5.31. The van der Waals surface area contributed by atoms with Gasteiger partial charge in [-0.3, -0.25) is 0 Å². The van der Waals surface area contributed by atoms with Crippen LogP contribution in [0.15, 0.2) is 12.2 Å². The van der Waals surface area contributed by atoms with Crippen molar-refractivity contribution in [2.45, 2.75) is 13.0 Å². The lowest BCUT2D eigenvalue weighted by molar-refractivity contribution is 0.0590. The SMILES string of the molecule is C=C(C)COCC(O)CCl. The molecule has 10 heavy (non-hydrogen) atoms. The Morgan fingerprint density at radius 2 is 2.40 bits per heavy atom. The van der Waals surface area contributed by atoms with Crippen LogP contribution in [-0.2, 0) is 4.74 Å². The maximum absolute atomic E-state index is 8.88. The van der Waals surface area contributed by atoms with Gasteiger partial charge in [-0.05, 0) is 6.92 Å². The molecule has 0 aliphatic heterocycles. The van der Waals surface area contributed by atoms with Gasteiger partial charge in [0.15, 0.2) is 0 Å². The number of hydrogen-bond acceptors (Lipinski definition) is 2. The van der Waals surface area contributed by atoms with E-state index in [0.29, 0.717) is 6.61 Å². The van der Waals surface area contributed by atoms with Gasteiger partial charge in [-0.1, -0.05) is 12.2 Å². The molecule has 0 aromatic carbocycles. The van der Waals surface area contributed by atoms with E-state index in [1.54, 1.807) is 0 Å². The standard InChI is InChI=1S/C7H13ClO2/c1-6(2)4-10-5-7(9)3-8/h7,9H,1,3-5H2,2H3. The number of hydrogen-bond donors (Lipinski definition) is 1. The summed E-state index contributed by atoms with van der Waals surface area (Å²) in [7, 11) is 0. The van der Waals surface area contributed by atoms with Crippen LogP contribution in [0.25, 0.3) is 0 Å². The molecule has 1 N–H and O–H groups in total. The van der Waals surface area contributed by atoms with Gasteiger partial charge in [0.2, 0.25) is 0 Å². The third kappa shape index (κ3) is 6.08. The van der Waals surface area contributed by atoms with E-state index in [2.05, 4.69) is 6.58 Å². The van der Waals surface area contributed by atoms with Gasteiger partial charge in [-0.2, -0.15) is 0 Å². The van der Waals surface area contributed by atoms with Crippen molar-refractivity contribution in [1.82, 2.24) is 0 Å². The van der Waals surface area contributed by atoms with Crippen LogP contribution in [0.5, 0.6) is 0 Å². The maximum Gasteiger partial charge on any atom is 0.0908 e. The third-order valence-electron chi connectivity index (χ3n) is 0.837. The first kappa shape index (κ1) is 9.95. The van der Waals surface area contributed by atoms with E-state index in [0.717, 1.165) is 5.57 Å². The highest BCUT2D eigenvalue weighted by Crippen LogP contribution is 1.92. The van der Waals surface area contributed by atoms with E-state index in [4.69, 9.17) is 21.4 Å². The van der Waals surface area contributed by atoms with Gasteiger partial charge in [0.1, 0.15) is 0 Å². The first-order valence-electron chi connectivity index (χ1n) is 3.13. The molecule has 60 valence electrons. The van der Waals surface area contributed by atoms with Crippen molar-refractivity contribution in [3.05, 3.63) is 12.2 Å². The second-order valence-electron chi connectivity index (χ2n) is 2.28. The lowest BCUT2D eigenvalue weighted by atomic mass is 10.4. The molecule has 3 heteroatoms. The average Bonchev–Trinajstić information content (AvgIpc) is 1.87. The largest absolute Gasteiger partial charge is 0.389 e. The summed E-state index contributed by atoms with van der Waals surface area (Å²) in [5.41, 5.74) is 0.946. The fourth-order valence-corrected chi connectivity index (χ4v) is 0.503. The second-order valence-corrected chi connectivity index (χ2v) is 2.59. The summed E-state index contributed by atoms with van der Waals surface area (Å²) in [5, 5.41) is 8.88. The first-order chi connectivity index (χ1) is 4.66. The van der Waals surface area contributed by atoms with Gasteiger partial charge >= 0.3 is 0 Å². The average molecular weight is 165 g/mol. The summed E-state index contributed by atoms with van der Waals surface area (Å²) in [5.74, 6) is 0.218. The van der Waals surface area contributed by atoms with Gasteiger partial charge < -0.3 is 9.84 Å². The highest BCUT2D eigenvalue weighted by Gasteiger charge is 2.00. The molecule has 0 rings (SSSR count). The molecule has 2 nitrogen and oxygen atoms in total. The van der Waals surface area contributed by atoms with Crippen molar-refractivity contribution >= 4 is 11.6 Å². The Hall–Kier alpha value is -0.0500. The molecule has 0 aromatic rings. The zero-order chi connectivity index (χ0) is 7.98. The van der Waals surface area contributed by atoms with E-state index in [1.807, 2.05) is 6.92 Å². The summed E-state index contributed by atoms with van der Waals surface area (Å²) in [6, 6.07) is 0. The Morgan fingerprint density at radius 3 is 2.80 bits per heavy atom. The molecule has 0 saturated carbocycles. The van der Waals surface area contributed by atoms with Crippen LogP contribution in [0.4, 0.5) is 0 Å². The molecule has 0 bridgehead atoms. The smallest absolute Gasteiger partial charge is 0.0908 e. The van der Waals surface area contributed by atoms with Crippen molar-refractivity contribution in [2.24, 2.45) is 0 Å². The van der Waals surface area contributed by atoms with Crippen molar-refractivity contribution < 1.29 is 9.84 Å². The molecule has 0 amide bonds. The molecule has 0 saturated heterocycles. The highest BCUT2D eigenvalue weighted by molar-refractivity contribution is 6.18. The van der Waals surface area contributed by atoms with Crippen molar-refractivity contribution in [1.29, 1.82) is 0 Å². The number of halogens is 1. The second kappa shape index (κ2) is 5.71. The molecule has 0 aliphatic carbocycles. The van der Waals surface area contributed by atoms with E-state index in [9.17, 15) is 0 Å². The number of aliphatic hydroxyl groups is 1. The minimum Gasteiger partial charge on any atom is -0.389 e. The fourth-order valence-electron chi connectivity index (χ4n) is 0.414. The van der Waals surface area contributed by atoms with Gasteiger partial charge in [-0.25, -0.2) is 0 Å². The van der Waals surface area contributed by atoms with Crippen LogP contribution < -0.4 is 0 Å². The summed E-state index contributed by atoms with van der Waals surface area (Å²) in [6.45, 7) is 6.29. The van der Waals surface area contributed by atoms with Gasteiger partial charge in [-0.15, -0.1) is 11.6 Å². The Kier molecular flexibility index (Phi) is 5.69. The zero-order valence-corrected chi connectivity index (χ0v) is 6.90. The van der Waals surface area contributed by atoms with E-state index < -0.39 is 6.10 Å². The summed E-state index contributed by atoms with van der Waals surface area (Å²) in [6.07, 6.45) is -0.555. The monoisotopic (exact) mass is 164 g/mol. The minimum atomic E-state index is -0.555. The Bertz CT molecular complexity index is 104. The Labute approximate surface area is 66.5 Å². The lowest BCUT2D eigenvalue weighted by Crippen LogP contribution is -2.17. The van der Waals surface area contributed by atoms with E-state index >= 15 is 0 Å². The maximum atomic E-state index is 8.88. The summed E-state index contributed by atoms with van der Waals surface area (Å²) in [4.78, 5) is 0. The summed E-state index contributed by atoms with van der Waals surface area (Å²) < 4.78 is 5.01. The van der Waals surface area contributed by atoms with Crippen molar-refractivity contribution in [3.8, 4) is 0 Å². The molecule has 0 radical (unpaired) electrons. The number of alkyl halides is 1. The molecule has 0 fully saturated rings. The first-order valence-corrected chi connectivity index (χ1v) is 3.66. The fraction of sp³-hybridized carbons (Fsp3) is 0.714. The molecule has 0 heterocycles. The minimum absolute atomic E-state index is 0.218. The van der Waals surface area contributed by atoms with Crippen molar-refractivity contribution in [2.75, 3.05) is 19.1 Å². The quantitative estimate of drug-likeness (QED) is 0.489. The number of aliphatic hydroxyl groups excluding tert-OH is 1. The number of rotatable bonds is 5. The Morgan fingerprint density at radius 1 is 1.80 bits per heavy atom. The number of ether oxygens (including phenoxy) is 1. The van der Waals surface area contributed by atoms with Gasteiger partial charge in [0.05, 0.1) is 25.2 Å². The predicted molar refractivity (Wildman–Crippen MR) is 42.4 cm³/mol. The molecule has 0 spiro atoms. The Balaban J connectivity index is 3.11. The van der Waals surface area contributed by atoms with Gasteiger partial charge in [0.25, 0.3) is 0 Å². The lowest BCUT2D eigenvalue weighted by Gasteiger charge is -2.06. The highest BCUT2D eigenvalue weighted by atomic mass is 35.5. The van der Waals surface area contributed by atoms with Crippen LogP contribution in [-0.4, -0.2) is 30.3 Å². The zero-order valence-electron chi connectivity index (χ0n) is 6.14. The van der Waals surface area contributed by atoms with Crippen LogP contribution in [0.2, 0.25) is 0 Å². The van der Waals surface area contributed by atoms with Crippen molar-refractivity contribution in [3.63, 3.8) is 0 Å². The molecule has 0 aliphatic rings.